The number of aromatic nitrogens is 1. The van der Waals surface area contributed by atoms with E-state index in [1.807, 2.05) is 38.1 Å². The van der Waals surface area contributed by atoms with Crippen LogP contribution in [-0.2, 0) is 0 Å². The van der Waals surface area contributed by atoms with Crippen LogP contribution in [0.3, 0.4) is 0 Å². The van der Waals surface area contributed by atoms with Crippen LogP contribution in [0, 0.1) is 13.8 Å². The Labute approximate surface area is 109 Å². The fourth-order valence-corrected chi connectivity index (χ4v) is 1.97. The van der Waals surface area contributed by atoms with Gasteiger partial charge in [0.25, 0.3) is 0 Å². The summed E-state index contributed by atoms with van der Waals surface area (Å²) in [5.74, 6) is 1.29. The van der Waals surface area contributed by atoms with Crippen LogP contribution in [0.25, 0.3) is 0 Å². The van der Waals surface area contributed by atoms with E-state index in [9.17, 15) is 0 Å². The summed E-state index contributed by atoms with van der Waals surface area (Å²) in [7, 11) is 0. The number of anilines is 1. The predicted octanol–water partition coefficient (Wildman–Crippen LogP) is 3.84. The van der Waals surface area contributed by atoms with Crippen LogP contribution in [0.4, 0.5) is 5.69 Å². The summed E-state index contributed by atoms with van der Waals surface area (Å²) >= 11 is 3.46. The lowest BCUT2D eigenvalue weighted by Crippen LogP contribution is -1.94. The van der Waals surface area contributed by atoms with Crippen LogP contribution in [0.5, 0.6) is 11.6 Å². The molecular weight excluding hydrogens is 280 g/mol. The lowest BCUT2D eigenvalue weighted by molar-refractivity contribution is 0.460. The van der Waals surface area contributed by atoms with E-state index in [0.717, 1.165) is 15.8 Å². The largest absolute Gasteiger partial charge is 0.438 e. The van der Waals surface area contributed by atoms with Gasteiger partial charge in [0.15, 0.2) is 0 Å². The van der Waals surface area contributed by atoms with Crippen LogP contribution >= 0.6 is 15.9 Å². The molecule has 1 heterocycles. The van der Waals surface area contributed by atoms with Gasteiger partial charge in [0.05, 0.1) is 16.4 Å². The third-order valence-corrected chi connectivity index (χ3v) is 3.05. The molecule has 1 aromatic carbocycles. The molecule has 0 saturated heterocycles. The standard InChI is InChI=1S/C13H13BrN2O/c1-8-3-4-12(10(14)5-8)17-13-6-9(2)11(15)7-16-13/h3-7H,15H2,1-2H3. The Bertz CT molecular complexity index is 555. The summed E-state index contributed by atoms with van der Waals surface area (Å²) in [4.78, 5) is 4.13. The summed E-state index contributed by atoms with van der Waals surface area (Å²) < 4.78 is 6.60. The van der Waals surface area contributed by atoms with Gasteiger partial charge in [-0.2, -0.15) is 0 Å². The highest BCUT2D eigenvalue weighted by molar-refractivity contribution is 9.10. The van der Waals surface area contributed by atoms with Crippen molar-refractivity contribution in [3.05, 3.63) is 46.1 Å². The first-order valence-electron chi connectivity index (χ1n) is 5.22. The molecule has 3 nitrogen and oxygen atoms in total. The molecule has 0 radical (unpaired) electrons. The molecular formula is C13H13BrN2O. The number of nitrogens with two attached hydrogens (primary N) is 1. The molecule has 2 aromatic rings. The maximum Gasteiger partial charge on any atom is 0.219 e. The van der Waals surface area contributed by atoms with Crippen LogP contribution in [0.1, 0.15) is 11.1 Å². The highest BCUT2D eigenvalue weighted by Gasteiger charge is 2.05. The molecule has 0 aliphatic carbocycles. The van der Waals surface area contributed by atoms with Crippen molar-refractivity contribution in [1.29, 1.82) is 0 Å². The van der Waals surface area contributed by atoms with Crippen LogP contribution in [-0.4, -0.2) is 4.98 Å². The second-order valence-corrected chi connectivity index (χ2v) is 4.77. The number of hydrogen-bond donors (Lipinski definition) is 1. The van der Waals surface area contributed by atoms with Gasteiger partial charge in [-0.05, 0) is 53.0 Å². The van der Waals surface area contributed by atoms with Crippen molar-refractivity contribution in [3.8, 4) is 11.6 Å². The molecule has 0 aliphatic rings. The highest BCUT2D eigenvalue weighted by Crippen LogP contribution is 2.30. The first-order chi connectivity index (χ1) is 8.06. The first kappa shape index (κ1) is 11.9. The van der Waals surface area contributed by atoms with E-state index in [0.29, 0.717) is 11.6 Å². The normalized spacial score (nSPS) is 10.3. The zero-order chi connectivity index (χ0) is 12.4. The number of nitrogens with zero attached hydrogens (tertiary/aromatic N) is 1. The van der Waals surface area contributed by atoms with E-state index in [1.54, 1.807) is 6.20 Å². The van der Waals surface area contributed by atoms with Crippen molar-refractivity contribution < 1.29 is 4.74 Å². The average Bonchev–Trinajstić information content (AvgIpc) is 2.27. The van der Waals surface area contributed by atoms with Crippen molar-refractivity contribution >= 4 is 21.6 Å². The van der Waals surface area contributed by atoms with Gasteiger partial charge in [0, 0.05) is 6.07 Å². The van der Waals surface area contributed by atoms with Crippen LogP contribution in [0.15, 0.2) is 34.9 Å². The fraction of sp³-hybridized carbons (Fsp3) is 0.154. The Morgan fingerprint density at radius 2 is 2.00 bits per heavy atom. The molecule has 2 N–H and O–H groups in total. The Morgan fingerprint density at radius 3 is 2.65 bits per heavy atom. The van der Waals surface area contributed by atoms with Crippen molar-refractivity contribution in [1.82, 2.24) is 4.98 Å². The molecule has 0 aliphatic heterocycles. The number of pyridine rings is 1. The molecule has 88 valence electrons. The van der Waals surface area contributed by atoms with Crippen LogP contribution < -0.4 is 10.5 Å². The number of rotatable bonds is 2. The smallest absolute Gasteiger partial charge is 0.219 e. The number of benzene rings is 1. The molecule has 0 bridgehead atoms. The van der Waals surface area contributed by atoms with E-state index in [2.05, 4.69) is 20.9 Å². The van der Waals surface area contributed by atoms with Crippen molar-refractivity contribution in [3.63, 3.8) is 0 Å². The maximum atomic E-state index is 5.70. The molecule has 0 saturated carbocycles. The number of ether oxygens (including phenoxy) is 1. The van der Waals surface area contributed by atoms with Gasteiger partial charge in [-0.25, -0.2) is 4.98 Å². The number of hydrogen-bond acceptors (Lipinski definition) is 3. The molecule has 0 spiro atoms. The monoisotopic (exact) mass is 292 g/mol. The summed E-state index contributed by atoms with van der Waals surface area (Å²) in [6.07, 6.45) is 1.60. The van der Waals surface area contributed by atoms with E-state index in [4.69, 9.17) is 10.5 Å². The van der Waals surface area contributed by atoms with Gasteiger partial charge < -0.3 is 10.5 Å². The number of halogens is 1. The Balaban J connectivity index is 2.28. The van der Waals surface area contributed by atoms with E-state index in [1.165, 1.54) is 5.56 Å². The summed E-state index contributed by atoms with van der Waals surface area (Å²) in [6.45, 7) is 3.95. The first-order valence-corrected chi connectivity index (χ1v) is 6.01. The molecule has 2 rings (SSSR count). The lowest BCUT2D eigenvalue weighted by atomic mass is 10.2. The Morgan fingerprint density at radius 1 is 1.24 bits per heavy atom. The second-order valence-electron chi connectivity index (χ2n) is 3.92. The second kappa shape index (κ2) is 4.75. The van der Waals surface area contributed by atoms with Crippen molar-refractivity contribution in [2.24, 2.45) is 0 Å². The maximum absolute atomic E-state index is 5.70. The van der Waals surface area contributed by atoms with Gasteiger partial charge in [-0.1, -0.05) is 6.07 Å². The fourth-order valence-electron chi connectivity index (χ4n) is 1.40. The Hall–Kier alpha value is -1.55. The molecule has 4 heteroatoms. The van der Waals surface area contributed by atoms with Gasteiger partial charge >= 0.3 is 0 Å². The molecule has 17 heavy (non-hydrogen) atoms. The summed E-state index contributed by atoms with van der Waals surface area (Å²) in [6, 6.07) is 7.72. The molecule has 1 aromatic heterocycles. The third kappa shape index (κ3) is 2.77. The summed E-state index contributed by atoms with van der Waals surface area (Å²) in [5, 5.41) is 0. The van der Waals surface area contributed by atoms with E-state index in [-0.39, 0.29) is 0 Å². The quantitative estimate of drug-likeness (QED) is 0.915. The van der Waals surface area contributed by atoms with Crippen molar-refractivity contribution in [2.75, 3.05) is 5.73 Å². The highest BCUT2D eigenvalue weighted by atomic mass is 79.9. The van der Waals surface area contributed by atoms with Crippen LogP contribution in [0.2, 0.25) is 0 Å². The van der Waals surface area contributed by atoms with Gasteiger partial charge in [-0.3, -0.25) is 0 Å². The molecule has 0 amide bonds. The zero-order valence-electron chi connectivity index (χ0n) is 9.70. The number of aryl methyl sites for hydroxylation is 2. The van der Waals surface area contributed by atoms with Gasteiger partial charge in [0.1, 0.15) is 5.75 Å². The van der Waals surface area contributed by atoms with E-state index >= 15 is 0 Å². The minimum absolute atomic E-state index is 0.543. The topological polar surface area (TPSA) is 48.1 Å². The molecule has 0 unspecified atom stereocenters. The summed E-state index contributed by atoms with van der Waals surface area (Å²) in [5.41, 5.74) is 8.50. The SMILES string of the molecule is Cc1ccc(Oc2cc(C)c(N)cn2)c(Br)c1. The Kier molecular flexibility index (Phi) is 3.33. The average molecular weight is 293 g/mol. The minimum Gasteiger partial charge on any atom is -0.438 e. The minimum atomic E-state index is 0.543. The van der Waals surface area contributed by atoms with Gasteiger partial charge in [0.2, 0.25) is 5.88 Å². The van der Waals surface area contributed by atoms with Gasteiger partial charge in [-0.15, -0.1) is 0 Å². The van der Waals surface area contributed by atoms with Crippen molar-refractivity contribution in [2.45, 2.75) is 13.8 Å². The predicted molar refractivity (Wildman–Crippen MR) is 72.3 cm³/mol. The molecule has 0 atom stereocenters. The molecule has 0 fully saturated rings. The zero-order valence-corrected chi connectivity index (χ0v) is 11.3. The van der Waals surface area contributed by atoms with E-state index < -0.39 is 0 Å². The lowest BCUT2D eigenvalue weighted by Gasteiger charge is -2.08. The number of nitrogen functional groups attached to an aromatic ring is 1. The third-order valence-electron chi connectivity index (χ3n) is 2.43.